The molecule has 3 nitrogen and oxygen atoms in total. The van der Waals surface area contributed by atoms with E-state index in [1.54, 1.807) is 11.9 Å². The molecule has 0 radical (unpaired) electrons. The minimum absolute atomic E-state index is 0.0274. The average Bonchev–Trinajstić information content (AvgIpc) is 2.97. The number of rotatable bonds is 3. The van der Waals surface area contributed by atoms with E-state index >= 15 is 0 Å². The Balaban J connectivity index is 1.62. The van der Waals surface area contributed by atoms with Crippen molar-refractivity contribution in [2.45, 2.75) is 6.92 Å². The van der Waals surface area contributed by atoms with Crippen molar-refractivity contribution in [3.8, 4) is 11.1 Å². The minimum Gasteiger partial charge on any atom is -0.290 e. The lowest BCUT2D eigenvalue weighted by Gasteiger charge is -2.07. The Kier molecular flexibility index (Phi) is 5.13. The van der Waals surface area contributed by atoms with Gasteiger partial charge in [0.1, 0.15) is 0 Å². The zero-order chi connectivity index (χ0) is 19.5. The summed E-state index contributed by atoms with van der Waals surface area (Å²) in [4.78, 5) is 19.5. The first-order chi connectivity index (χ1) is 13.6. The first-order valence-corrected chi connectivity index (χ1v) is 9.90. The zero-order valence-electron chi connectivity index (χ0n) is 15.8. The first-order valence-electron chi connectivity index (χ1n) is 9.08. The first kappa shape index (κ1) is 18.3. The molecular formula is C24H20N2OS. The highest BCUT2D eigenvalue weighted by atomic mass is 32.2. The van der Waals surface area contributed by atoms with Crippen LogP contribution in [0.25, 0.3) is 17.2 Å². The summed E-state index contributed by atoms with van der Waals surface area (Å²) in [5, 5.41) is 0.692. The largest absolute Gasteiger partial charge is 0.290 e. The summed E-state index contributed by atoms with van der Waals surface area (Å²) < 4.78 is 0. The maximum Gasteiger partial charge on any atom is 0.266 e. The van der Waals surface area contributed by atoms with Crippen LogP contribution in [-0.2, 0) is 4.79 Å². The van der Waals surface area contributed by atoms with Crippen molar-refractivity contribution in [2.75, 3.05) is 7.05 Å². The van der Waals surface area contributed by atoms with E-state index in [4.69, 9.17) is 0 Å². The molecule has 0 bridgehead atoms. The summed E-state index contributed by atoms with van der Waals surface area (Å²) in [7, 11) is 1.76. The number of carbonyl (C=O) groups is 1. The highest BCUT2D eigenvalue weighted by molar-refractivity contribution is 8.18. The van der Waals surface area contributed by atoms with E-state index in [0.29, 0.717) is 10.1 Å². The van der Waals surface area contributed by atoms with Gasteiger partial charge in [-0.05, 0) is 59.7 Å². The number of hydrogen-bond donors (Lipinski definition) is 0. The van der Waals surface area contributed by atoms with Crippen molar-refractivity contribution in [2.24, 2.45) is 4.99 Å². The molecular weight excluding hydrogens is 364 g/mol. The molecule has 0 unspecified atom stereocenters. The van der Waals surface area contributed by atoms with Crippen LogP contribution in [0.4, 0.5) is 5.69 Å². The smallest absolute Gasteiger partial charge is 0.266 e. The van der Waals surface area contributed by atoms with Crippen LogP contribution in [0.15, 0.2) is 88.8 Å². The number of aryl methyl sites for hydroxylation is 1. The van der Waals surface area contributed by atoms with Crippen molar-refractivity contribution >= 4 is 34.6 Å². The van der Waals surface area contributed by atoms with Gasteiger partial charge in [-0.25, -0.2) is 4.99 Å². The maximum absolute atomic E-state index is 12.7. The molecule has 4 rings (SSSR count). The summed E-state index contributed by atoms with van der Waals surface area (Å²) in [6.07, 6.45) is 1.94. The number of benzene rings is 3. The Morgan fingerprint density at radius 3 is 2.39 bits per heavy atom. The fourth-order valence-corrected chi connectivity index (χ4v) is 3.96. The zero-order valence-corrected chi connectivity index (χ0v) is 16.6. The van der Waals surface area contributed by atoms with Gasteiger partial charge in [-0.3, -0.25) is 9.69 Å². The van der Waals surface area contributed by atoms with E-state index in [0.717, 1.165) is 16.8 Å². The summed E-state index contributed by atoms with van der Waals surface area (Å²) in [5.41, 5.74) is 5.38. The molecule has 0 aliphatic carbocycles. The van der Waals surface area contributed by atoms with E-state index in [2.05, 4.69) is 48.3 Å². The molecule has 0 N–H and O–H groups in total. The third-order valence-corrected chi connectivity index (χ3v) is 5.61. The number of aliphatic imine (C=N–C) groups is 1. The molecule has 1 heterocycles. The van der Waals surface area contributed by atoms with Crippen molar-refractivity contribution < 1.29 is 4.79 Å². The summed E-state index contributed by atoms with van der Waals surface area (Å²) in [6, 6.07) is 26.4. The minimum atomic E-state index is -0.0274. The molecule has 138 valence electrons. The number of likely N-dealkylation sites (N-methyl/N-ethyl adjacent to an activating group) is 1. The summed E-state index contributed by atoms with van der Waals surface area (Å²) >= 11 is 1.41. The molecule has 0 atom stereocenters. The monoisotopic (exact) mass is 384 g/mol. The van der Waals surface area contributed by atoms with Gasteiger partial charge in [0.05, 0.1) is 10.6 Å². The van der Waals surface area contributed by atoms with Crippen LogP contribution in [0.1, 0.15) is 11.1 Å². The van der Waals surface area contributed by atoms with Gasteiger partial charge in [0.2, 0.25) is 0 Å². The van der Waals surface area contributed by atoms with Crippen LogP contribution in [-0.4, -0.2) is 23.0 Å². The second kappa shape index (κ2) is 7.87. The van der Waals surface area contributed by atoms with Crippen LogP contribution in [0.3, 0.4) is 0 Å². The normalized spacial score (nSPS) is 16.9. The van der Waals surface area contributed by atoms with Gasteiger partial charge in [-0.1, -0.05) is 66.2 Å². The SMILES string of the molecule is Cc1ccc(-c2cccc(C=C3SC(=Nc4ccccc4)N(C)C3=O)c2)cc1. The number of amidine groups is 1. The second-order valence-electron chi connectivity index (χ2n) is 6.70. The molecule has 1 fully saturated rings. The van der Waals surface area contributed by atoms with Gasteiger partial charge in [-0.2, -0.15) is 0 Å². The summed E-state index contributed by atoms with van der Waals surface area (Å²) in [6.45, 7) is 2.08. The Labute approximate surface area is 169 Å². The topological polar surface area (TPSA) is 32.7 Å². The van der Waals surface area contributed by atoms with Crippen LogP contribution in [0.2, 0.25) is 0 Å². The highest BCUT2D eigenvalue weighted by Crippen LogP contribution is 2.33. The Morgan fingerprint density at radius 2 is 1.64 bits per heavy atom. The lowest BCUT2D eigenvalue weighted by atomic mass is 10.0. The Hall–Kier alpha value is -3.11. The Morgan fingerprint density at radius 1 is 0.893 bits per heavy atom. The molecule has 0 saturated carbocycles. The van der Waals surface area contributed by atoms with Crippen molar-refractivity contribution in [3.05, 3.63) is 94.9 Å². The average molecular weight is 385 g/mol. The lowest BCUT2D eigenvalue weighted by molar-refractivity contribution is -0.121. The van der Waals surface area contributed by atoms with Crippen LogP contribution in [0.5, 0.6) is 0 Å². The van der Waals surface area contributed by atoms with Crippen LogP contribution in [0, 0.1) is 6.92 Å². The van der Waals surface area contributed by atoms with Gasteiger partial charge < -0.3 is 0 Å². The van der Waals surface area contributed by atoms with Crippen molar-refractivity contribution in [1.29, 1.82) is 0 Å². The van der Waals surface area contributed by atoms with E-state index in [1.165, 1.54) is 22.9 Å². The number of hydrogen-bond acceptors (Lipinski definition) is 3. The molecule has 4 heteroatoms. The molecule has 1 aliphatic heterocycles. The molecule has 1 saturated heterocycles. The maximum atomic E-state index is 12.7. The van der Waals surface area contributed by atoms with E-state index in [-0.39, 0.29) is 5.91 Å². The quantitative estimate of drug-likeness (QED) is 0.527. The van der Waals surface area contributed by atoms with Crippen LogP contribution < -0.4 is 0 Å². The fraction of sp³-hybridized carbons (Fsp3) is 0.0833. The van der Waals surface area contributed by atoms with E-state index in [1.807, 2.05) is 48.5 Å². The molecule has 1 amide bonds. The second-order valence-corrected chi connectivity index (χ2v) is 7.71. The highest BCUT2D eigenvalue weighted by Gasteiger charge is 2.30. The molecule has 0 aromatic heterocycles. The molecule has 28 heavy (non-hydrogen) atoms. The third-order valence-electron chi connectivity index (χ3n) is 4.55. The van der Waals surface area contributed by atoms with E-state index < -0.39 is 0 Å². The van der Waals surface area contributed by atoms with Crippen molar-refractivity contribution in [3.63, 3.8) is 0 Å². The predicted molar refractivity (Wildman–Crippen MR) is 118 cm³/mol. The Bertz CT molecular complexity index is 1070. The third kappa shape index (κ3) is 3.92. The molecule has 3 aromatic carbocycles. The van der Waals surface area contributed by atoms with Gasteiger partial charge >= 0.3 is 0 Å². The van der Waals surface area contributed by atoms with Gasteiger partial charge in [0.25, 0.3) is 5.91 Å². The number of amides is 1. The van der Waals surface area contributed by atoms with Crippen molar-refractivity contribution in [1.82, 2.24) is 4.90 Å². The van der Waals surface area contributed by atoms with Gasteiger partial charge in [0, 0.05) is 7.05 Å². The molecule has 1 aliphatic rings. The standard InChI is InChI=1S/C24H20N2OS/c1-17-11-13-19(14-12-17)20-8-6-7-18(15-20)16-22-23(27)26(2)24(28-22)25-21-9-4-3-5-10-21/h3-16H,1-2H3. The fourth-order valence-electron chi connectivity index (χ4n) is 2.97. The number of nitrogens with zero attached hydrogens (tertiary/aromatic N) is 2. The number of para-hydroxylation sites is 1. The predicted octanol–water partition coefficient (Wildman–Crippen LogP) is 5.90. The summed E-state index contributed by atoms with van der Waals surface area (Å²) in [5.74, 6) is -0.0274. The number of thioether (sulfide) groups is 1. The molecule has 0 spiro atoms. The van der Waals surface area contributed by atoms with Gasteiger partial charge in [0.15, 0.2) is 5.17 Å². The molecule has 3 aromatic rings. The number of carbonyl (C=O) groups excluding carboxylic acids is 1. The van der Waals surface area contributed by atoms with E-state index in [9.17, 15) is 4.79 Å². The lowest BCUT2D eigenvalue weighted by Crippen LogP contribution is -2.23. The van der Waals surface area contributed by atoms with Gasteiger partial charge in [-0.15, -0.1) is 0 Å². The van der Waals surface area contributed by atoms with Crippen LogP contribution >= 0.6 is 11.8 Å².